The number of phenols is 1. The normalized spacial score (nSPS) is 11.2. The molecular formula is C15H18N2O4. The van der Waals surface area contributed by atoms with Gasteiger partial charge in [-0.3, -0.25) is 9.69 Å². The number of amides is 2. The van der Waals surface area contributed by atoms with Crippen LogP contribution in [0.4, 0.5) is 10.5 Å². The Labute approximate surface area is 123 Å². The number of aromatic hydroxyl groups is 1. The number of carbonyl (C=O) groups is 2. The molecule has 1 unspecified atom stereocenters. The number of carboxylic acid groups (broad SMARTS) is 1. The maximum atomic E-state index is 12.2. The minimum absolute atomic E-state index is 0.0296. The van der Waals surface area contributed by atoms with Crippen molar-refractivity contribution in [1.29, 1.82) is 0 Å². The van der Waals surface area contributed by atoms with E-state index in [1.807, 2.05) is 6.92 Å². The van der Waals surface area contributed by atoms with Crippen molar-refractivity contribution in [3.63, 3.8) is 0 Å². The van der Waals surface area contributed by atoms with Gasteiger partial charge < -0.3 is 15.5 Å². The van der Waals surface area contributed by atoms with Crippen molar-refractivity contribution >= 4 is 17.7 Å². The van der Waals surface area contributed by atoms with Gasteiger partial charge in [0.2, 0.25) is 0 Å². The fourth-order valence-electron chi connectivity index (χ4n) is 1.76. The zero-order valence-electron chi connectivity index (χ0n) is 11.7. The van der Waals surface area contributed by atoms with E-state index in [1.165, 1.54) is 24.3 Å². The molecule has 0 fully saturated rings. The number of terminal acetylenes is 1. The monoisotopic (exact) mass is 290 g/mol. The third kappa shape index (κ3) is 5.07. The summed E-state index contributed by atoms with van der Waals surface area (Å²) in [5.41, 5.74) is 0.361. The summed E-state index contributed by atoms with van der Waals surface area (Å²) in [7, 11) is 0. The number of phenolic OH excluding ortho intramolecular Hbond substituents is 1. The van der Waals surface area contributed by atoms with Crippen molar-refractivity contribution in [1.82, 2.24) is 5.32 Å². The van der Waals surface area contributed by atoms with Crippen LogP contribution in [-0.4, -0.2) is 34.8 Å². The first-order valence-corrected chi connectivity index (χ1v) is 6.53. The number of hydrogen-bond donors (Lipinski definition) is 3. The summed E-state index contributed by atoms with van der Waals surface area (Å²) in [5.74, 6) is 1.34. The van der Waals surface area contributed by atoms with Crippen LogP contribution in [0.5, 0.6) is 5.75 Å². The predicted octanol–water partition coefficient (Wildman–Crippen LogP) is 1.79. The predicted molar refractivity (Wildman–Crippen MR) is 79.1 cm³/mol. The summed E-state index contributed by atoms with van der Waals surface area (Å²) in [6.45, 7) is 1.44. The van der Waals surface area contributed by atoms with E-state index < -0.39 is 24.6 Å². The van der Waals surface area contributed by atoms with Crippen LogP contribution in [0.2, 0.25) is 0 Å². The number of anilines is 1. The molecule has 6 nitrogen and oxygen atoms in total. The highest BCUT2D eigenvalue weighted by Crippen LogP contribution is 2.18. The molecule has 2 amide bonds. The lowest BCUT2D eigenvalue weighted by Gasteiger charge is -2.23. The van der Waals surface area contributed by atoms with Gasteiger partial charge in [0.15, 0.2) is 0 Å². The van der Waals surface area contributed by atoms with E-state index in [0.717, 1.165) is 11.3 Å². The Hall–Kier alpha value is -2.68. The van der Waals surface area contributed by atoms with Crippen LogP contribution in [0.1, 0.15) is 19.8 Å². The van der Waals surface area contributed by atoms with Gasteiger partial charge in [0.25, 0.3) is 0 Å². The quantitative estimate of drug-likeness (QED) is 0.697. The van der Waals surface area contributed by atoms with Crippen LogP contribution in [-0.2, 0) is 4.79 Å². The number of nitrogens with zero attached hydrogens (tertiary/aromatic N) is 1. The number of hydrogen-bond acceptors (Lipinski definition) is 3. The largest absolute Gasteiger partial charge is 0.508 e. The Bertz CT molecular complexity index is 534. The topological polar surface area (TPSA) is 89.9 Å². The van der Waals surface area contributed by atoms with E-state index in [2.05, 4.69) is 11.2 Å². The highest BCUT2D eigenvalue weighted by Gasteiger charge is 2.20. The Morgan fingerprint density at radius 1 is 1.38 bits per heavy atom. The summed E-state index contributed by atoms with van der Waals surface area (Å²) in [6.07, 6.45) is 6.74. The molecule has 0 saturated heterocycles. The lowest BCUT2D eigenvalue weighted by molar-refractivity contribution is -0.135. The number of rotatable bonds is 6. The molecule has 0 spiro atoms. The van der Waals surface area contributed by atoms with Gasteiger partial charge in [-0.15, -0.1) is 6.42 Å². The summed E-state index contributed by atoms with van der Waals surface area (Å²) in [6, 6.07) is 4.64. The van der Waals surface area contributed by atoms with Crippen LogP contribution in [0, 0.1) is 12.3 Å². The molecule has 1 rings (SSSR count). The Morgan fingerprint density at radius 2 is 2.00 bits per heavy atom. The molecule has 0 bridgehead atoms. The zero-order chi connectivity index (χ0) is 15.8. The Balaban J connectivity index is 2.91. The minimum atomic E-state index is -1.15. The Kier molecular flexibility index (Phi) is 6.08. The number of aliphatic carboxylic acids is 1. The molecule has 6 heteroatoms. The van der Waals surface area contributed by atoms with E-state index >= 15 is 0 Å². The van der Waals surface area contributed by atoms with Gasteiger partial charge in [-0.25, -0.2) is 4.79 Å². The van der Waals surface area contributed by atoms with Crippen LogP contribution < -0.4 is 10.2 Å². The van der Waals surface area contributed by atoms with Gasteiger partial charge in [-0.2, -0.15) is 0 Å². The Morgan fingerprint density at radius 3 is 2.48 bits per heavy atom. The second-order valence-corrected chi connectivity index (χ2v) is 4.45. The van der Waals surface area contributed by atoms with Gasteiger partial charge in [-0.1, -0.05) is 19.3 Å². The molecule has 0 aromatic heterocycles. The van der Waals surface area contributed by atoms with Crippen molar-refractivity contribution in [3.8, 4) is 18.1 Å². The van der Waals surface area contributed by atoms with Crippen LogP contribution in [0.3, 0.4) is 0 Å². The van der Waals surface area contributed by atoms with Gasteiger partial charge in [0.1, 0.15) is 12.3 Å². The summed E-state index contributed by atoms with van der Waals surface area (Å²) in [4.78, 5) is 24.2. The number of carbonyl (C=O) groups excluding carboxylic acids is 1. The fourth-order valence-corrected chi connectivity index (χ4v) is 1.76. The molecule has 0 aliphatic heterocycles. The molecule has 21 heavy (non-hydrogen) atoms. The molecule has 0 aliphatic rings. The van der Waals surface area contributed by atoms with Gasteiger partial charge in [0.05, 0.1) is 6.04 Å². The molecule has 0 aliphatic carbocycles. The van der Waals surface area contributed by atoms with Crippen molar-refractivity contribution in [2.24, 2.45) is 0 Å². The smallest absolute Gasteiger partial charge is 0.323 e. The first kappa shape index (κ1) is 16.4. The van der Waals surface area contributed by atoms with Gasteiger partial charge in [-0.05, 0) is 30.7 Å². The highest BCUT2D eigenvalue weighted by atomic mass is 16.4. The zero-order valence-corrected chi connectivity index (χ0v) is 11.7. The van der Waals surface area contributed by atoms with Crippen LogP contribution in [0.15, 0.2) is 24.3 Å². The lowest BCUT2D eigenvalue weighted by atomic mass is 10.2. The molecule has 112 valence electrons. The van der Waals surface area contributed by atoms with Crippen molar-refractivity contribution in [2.45, 2.75) is 25.8 Å². The van der Waals surface area contributed by atoms with E-state index in [0.29, 0.717) is 12.1 Å². The average Bonchev–Trinajstić information content (AvgIpc) is 2.45. The van der Waals surface area contributed by atoms with Crippen molar-refractivity contribution in [3.05, 3.63) is 24.3 Å². The van der Waals surface area contributed by atoms with Crippen molar-refractivity contribution in [2.75, 3.05) is 11.4 Å². The summed E-state index contributed by atoms with van der Waals surface area (Å²) < 4.78 is 0. The average molecular weight is 290 g/mol. The molecule has 1 aromatic rings. The van der Waals surface area contributed by atoms with E-state index in [4.69, 9.17) is 11.5 Å². The molecular weight excluding hydrogens is 272 g/mol. The molecule has 1 aromatic carbocycles. The number of carboxylic acids is 1. The van der Waals surface area contributed by atoms with Gasteiger partial charge in [0, 0.05) is 5.69 Å². The second-order valence-electron chi connectivity index (χ2n) is 4.45. The fraction of sp³-hybridized carbons (Fsp3) is 0.333. The first-order valence-electron chi connectivity index (χ1n) is 6.53. The van der Waals surface area contributed by atoms with Crippen LogP contribution >= 0.6 is 0 Å². The third-order valence-electron chi connectivity index (χ3n) is 2.78. The summed E-state index contributed by atoms with van der Waals surface area (Å²) >= 11 is 0. The second kappa shape index (κ2) is 7.80. The molecule has 0 saturated carbocycles. The number of benzene rings is 1. The highest BCUT2D eigenvalue weighted by molar-refractivity contribution is 5.96. The number of nitrogens with one attached hydrogen (secondary N) is 1. The SMILES string of the molecule is C#CC(CCC)NC(=O)N(CC(=O)O)c1ccc(O)cc1. The molecule has 0 radical (unpaired) electrons. The van der Waals surface area contributed by atoms with E-state index in [1.54, 1.807) is 0 Å². The standard InChI is InChI=1S/C15H18N2O4/c1-3-5-11(4-2)16-15(21)17(10-14(19)20)12-6-8-13(18)9-7-12/h2,6-9,11,18H,3,5,10H2,1H3,(H,16,21)(H,19,20). The molecule has 3 N–H and O–H groups in total. The van der Waals surface area contributed by atoms with Gasteiger partial charge >= 0.3 is 12.0 Å². The minimum Gasteiger partial charge on any atom is -0.508 e. The lowest BCUT2D eigenvalue weighted by Crippen LogP contribution is -2.46. The molecule has 0 heterocycles. The maximum absolute atomic E-state index is 12.2. The van der Waals surface area contributed by atoms with E-state index in [-0.39, 0.29) is 5.75 Å². The summed E-state index contributed by atoms with van der Waals surface area (Å²) in [5, 5.41) is 20.8. The number of urea groups is 1. The maximum Gasteiger partial charge on any atom is 0.323 e. The van der Waals surface area contributed by atoms with Crippen LogP contribution in [0.25, 0.3) is 0 Å². The third-order valence-corrected chi connectivity index (χ3v) is 2.78. The van der Waals surface area contributed by atoms with Crippen molar-refractivity contribution < 1.29 is 19.8 Å². The van der Waals surface area contributed by atoms with E-state index in [9.17, 15) is 14.7 Å². The molecule has 1 atom stereocenters. The first-order chi connectivity index (χ1) is 9.97.